The van der Waals surface area contributed by atoms with E-state index in [-0.39, 0.29) is 17.7 Å². The molecule has 0 aliphatic rings. The summed E-state index contributed by atoms with van der Waals surface area (Å²) >= 11 is 0. The molecule has 1 aromatic heterocycles. The van der Waals surface area contributed by atoms with E-state index in [9.17, 15) is 18.0 Å². The molecule has 0 saturated heterocycles. The van der Waals surface area contributed by atoms with Gasteiger partial charge in [0.1, 0.15) is 5.82 Å². The fraction of sp³-hybridized carbons (Fsp3) is 0.176. The van der Waals surface area contributed by atoms with Gasteiger partial charge in [0, 0.05) is 24.7 Å². The average molecular weight is 349 g/mol. The van der Waals surface area contributed by atoms with Crippen LogP contribution in [-0.4, -0.2) is 22.6 Å². The molecule has 0 aliphatic carbocycles. The van der Waals surface area contributed by atoms with Crippen LogP contribution in [0.5, 0.6) is 5.75 Å². The zero-order valence-electron chi connectivity index (χ0n) is 13.4. The fourth-order valence-electron chi connectivity index (χ4n) is 2.63. The van der Waals surface area contributed by atoms with Crippen LogP contribution in [0.4, 0.5) is 13.2 Å². The van der Waals surface area contributed by atoms with Gasteiger partial charge in [0.15, 0.2) is 17.4 Å². The number of hydrogen-bond acceptors (Lipinski definition) is 3. The minimum Gasteiger partial charge on any atom is -0.491 e. The summed E-state index contributed by atoms with van der Waals surface area (Å²) in [5, 5.41) is 2.46. The summed E-state index contributed by atoms with van der Waals surface area (Å²) in [5.74, 6) is -3.80. The Morgan fingerprint density at radius 3 is 2.52 bits per heavy atom. The number of amides is 1. The highest BCUT2D eigenvalue weighted by Gasteiger charge is 2.17. The Hall–Kier alpha value is -3.03. The number of carbonyl (C=O) groups is 1. The van der Waals surface area contributed by atoms with E-state index in [0.717, 1.165) is 19.2 Å². The first-order valence-electron chi connectivity index (χ1n) is 7.32. The molecule has 0 atom stereocenters. The van der Waals surface area contributed by atoms with E-state index < -0.39 is 29.1 Å². The van der Waals surface area contributed by atoms with E-state index in [1.165, 1.54) is 18.5 Å². The molecular weight excluding hydrogens is 335 g/mol. The summed E-state index contributed by atoms with van der Waals surface area (Å²) in [6.07, 6.45) is 1.53. The van der Waals surface area contributed by atoms with Gasteiger partial charge in [-0.15, -0.1) is 0 Å². The van der Waals surface area contributed by atoms with E-state index in [4.69, 9.17) is 0 Å². The molecule has 1 heterocycles. The largest absolute Gasteiger partial charge is 0.491 e. The number of aryl methyl sites for hydroxylation is 1. The molecule has 1 N–H and O–H groups in total. The summed E-state index contributed by atoms with van der Waals surface area (Å²) in [5.41, 5.74) is 1.12. The van der Waals surface area contributed by atoms with Crippen LogP contribution in [0.25, 0.3) is 11.0 Å². The average Bonchev–Trinajstić information content (AvgIpc) is 2.95. The maximum Gasteiger partial charge on any atom is 0.251 e. The number of nitrogens with zero attached hydrogens (tertiary/aromatic N) is 2. The second kappa shape index (κ2) is 6.46. The van der Waals surface area contributed by atoms with Gasteiger partial charge in [-0.2, -0.15) is 0 Å². The van der Waals surface area contributed by atoms with Crippen molar-refractivity contribution in [2.45, 2.75) is 6.54 Å². The molecule has 8 heteroatoms. The molecule has 0 radical (unpaired) electrons. The van der Waals surface area contributed by atoms with Crippen molar-refractivity contribution in [3.8, 4) is 5.75 Å². The smallest absolute Gasteiger partial charge is 0.251 e. The molecule has 0 fully saturated rings. The Morgan fingerprint density at radius 1 is 1.20 bits per heavy atom. The van der Waals surface area contributed by atoms with Crippen molar-refractivity contribution >= 4 is 16.9 Å². The van der Waals surface area contributed by atoms with Crippen molar-refractivity contribution in [2.24, 2.45) is 7.05 Å². The number of carbonyl (C=O) groups excluding carboxylic acids is 1. The summed E-state index contributed by atoms with van der Waals surface area (Å²) in [7, 11) is 2.83. The SMILES string of the molecule is COc1c(F)cc(C(=O)NCc2c(F)ccc3ncn(C)c23)cc1F. The third kappa shape index (κ3) is 3.02. The number of benzene rings is 2. The molecule has 2 aromatic carbocycles. The predicted molar refractivity (Wildman–Crippen MR) is 84.8 cm³/mol. The highest BCUT2D eigenvalue weighted by molar-refractivity contribution is 5.94. The quantitative estimate of drug-likeness (QED) is 0.788. The first-order valence-corrected chi connectivity index (χ1v) is 7.32. The Kier molecular flexibility index (Phi) is 4.35. The summed E-state index contributed by atoms with van der Waals surface area (Å²) < 4.78 is 47.7. The Labute approximate surface area is 141 Å². The predicted octanol–water partition coefficient (Wildman–Crippen LogP) is 2.93. The minimum atomic E-state index is -0.993. The number of hydrogen-bond donors (Lipinski definition) is 1. The van der Waals surface area contributed by atoms with Gasteiger partial charge in [-0.25, -0.2) is 18.2 Å². The van der Waals surface area contributed by atoms with Crippen LogP contribution < -0.4 is 10.1 Å². The molecule has 0 spiro atoms. The van der Waals surface area contributed by atoms with E-state index in [2.05, 4.69) is 15.0 Å². The lowest BCUT2D eigenvalue weighted by Gasteiger charge is -2.10. The van der Waals surface area contributed by atoms with E-state index in [0.29, 0.717) is 11.0 Å². The van der Waals surface area contributed by atoms with Crippen LogP contribution in [0.3, 0.4) is 0 Å². The number of halogens is 3. The first kappa shape index (κ1) is 16.8. The van der Waals surface area contributed by atoms with E-state index >= 15 is 0 Å². The van der Waals surface area contributed by atoms with Gasteiger partial charge in [0.25, 0.3) is 5.91 Å². The Morgan fingerprint density at radius 2 is 1.88 bits per heavy atom. The van der Waals surface area contributed by atoms with Crippen molar-refractivity contribution in [1.29, 1.82) is 0 Å². The van der Waals surface area contributed by atoms with Gasteiger partial charge in [0.05, 0.1) is 24.5 Å². The third-order valence-electron chi connectivity index (χ3n) is 3.82. The zero-order chi connectivity index (χ0) is 18.1. The van der Waals surface area contributed by atoms with Gasteiger partial charge < -0.3 is 14.6 Å². The number of nitrogens with one attached hydrogen (secondary N) is 1. The van der Waals surface area contributed by atoms with Crippen LogP contribution >= 0.6 is 0 Å². The molecule has 3 aromatic rings. The number of rotatable bonds is 4. The van der Waals surface area contributed by atoms with Crippen molar-refractivity contribution < 1.29 is 22.7 Å². The van der Waals surface area contributed by atoms with E-state index in [1.807, 2.05) is 0 Å². The number of aromatic nitrogens is 2. The van der Waals surface area contributed by atoms with Gasteiger partial charge in [-0.1, -0.05) is 0 Å². The molecule has 5 nitrogen and oxygen atoms in total. The molecule has 0 unspecified atom stereocenters. The number of methoxy groups -OCH3 is 1. The van der Waals surface area contributed by atoms with Crippen molar-refractivity contribution in [3.63, 3.8) is 0 Å². The lowest BCUT2D eigenvalue weighted by Crippen LogP contribution is -2.24. The maximum absolute atomic E-state index is 14.1. The van der Waals surface area contributed by atoms with Crippen molar-refractivity contribution in [2.75, 3.05) is 7.11 Å². The van der Waals surface area contributed by atoms with Crippen molar-refractivity contribution in [3.05, 3.63) is 59.2 Å². The van der Waals surface area contributed by atoms with Crippen LogP contribution in [0.15, 0.2) is 30.6 Å². The topological polar surface area (TPSA) is 56.1 Å². The molecule has 25 heavy (non-hydrogen) atoms. The van der Waals surface area contributed by atoms with Gasteiger partial charge in [0.2, 0.25) is 0 Å². The Balaban J connectivity index is 1.86. The Bertz CT molecular complexity index is 946. The van der Waals surface area contributed by atoms with E-state index in [1.54, 1.807) is 11.6 Å². The lowest BCUT2D eigenvalue weighted by molar-refractivity contribution is 0.0949. The van der Waals surface area contributed by atoms with Crippen LogP contribution in [0.1, 0.15) is 15.9 Å². The minimum absolute atomic E-state index is 0.156. The molecule has 1 amide bonds. The molecule has 0 saturated carbocycles. The summed E-state index contributed by atoms with van der Waals surface area (Å²) in [6, 6.07) is 4.50. The second-order valence-electron chi connectivity index (χ2n) is 5.40. The lowest BCUT2D eigenvalue weighted by atomic mass is 10.1. The summed E-state index contributed by atoms with van der Waals surface area (Å²) in [6.45, 7) is -0.156. The number of imidazole rings is 1. The van der Waals surface area contributed by atoms with Crippen molar-refractivity contribution in [1.82, 2.24) is 14.9 Å². The summed E-state index contributed by atoms with van der Waals surface area (Å²) in [4.78, 5) is 16.3. The van der Waals surface area contributed by atoms with Crippen LogP contribution in [0.2, 0.25) is 0 Å². The van der Waals surface area contributed by atoms with Gasteiger partial charge in [-0.3, -0.25) is 4.79 Å². The molecule has 0 bridgehead atoms. The monoisotopic (exact) mass is 349 g/mol. The van der Waals surface area contributed by atoms with Crippen LogP contribution in [0, 0.1) is 17.5 Å². The second-order valence-corrected chi connectivity index (χ2v) is 5.40. The number of fused-ring (bicyclic) bond motifs is 1. The zero-order valence-corrected chi connectivity index (χ0v) is 13.4. The molecule has 130 valence electrons. The maximum atomic E-state index is 14.1. The normalized spacial score (nSPS) is 10.9. The third-order valence-corrected chi connectivity index (χ3v) is 3.82. The first-order chi connectivity index (χ1) is 11.9. The highest BCUT2D eigenvalue weighted by atomic mass is 19.1. The van der Waals surface area contributed by atoms with Gasteiger partial charge in [-0.05, 0) is 24.3 Å². The highest BCUT2D eigenvalue weighted by Crippen LogP contribution is 2.23. The standard InChI is InChI=1S/C17H14F3N3O2/c1-23-8-22-14-4-3-11(18)10(15(14)23)7-21-17(24)9-5-12(19)16(25-2)13(20)6-9/h3-6,8H,7H2,1-2H3,(H,21,24). The fourth-order valence-corrected chi connectivity index (χ4v) is 2.63. The van der Waals surface area contributed by atoms with Crippen LogP contribution in [-0.2, 0) is 13.6 Å². The molecule has 3 rings (SSSR count). The number of ether oxygens (including phenoxy) is 1. The molecule has 0 aliphatic heterocycles. The van der Waals surface area contributed by atoms with Gasteiger partial charge >= 0.3 is 0 Å². The molecular formula is C17H14F3N3O2.